The second-order valence-electron chi connectivity index (χ2n) is 7.65. The molecule has 0 saturated heterocycles. The van der Waals surface area contributed by atoms with Crippen molar-refractivity contribution in [3.05, 3.63) is 71.8 Å². The molecule has 1 aliphatic heterocycles. The summed E-state index contributed by atoms with van der Waals surface area (Å²) in [5.74, 6) is 1.22. The number of rotatable bonds is 7. The van der Waals surface area contributed by atoms with Gasteiger partial charge in [-0.2, -0.15) is 0 Å². The van der Waals surface area contributed by atoms with Crippen molar-refractivity contribution in [3.8, 4) is 17.2 Å². The minimum Gasteiger partial charge on any atom is -0.486 e. The molecule has 0 spiro atoms. The van der Waals surface area contributed by atoms with E-state index in [1.807, 2.05) is 19.9 Å². The Hall–Kier alpha value is -3.72. The molecule has 172 valence electrons. The molecular formula is C24H24N2O6S. The minimum absolute atomic E-state index is 0.0924. The summed E-state index contributed by atoms with van der Waals surface area (Å²) in [4.78, 5) is 12.3. The Balaban J connectivity index is 1.34. The molecule has 3 aromatic rings. The monoisotopic (exact) mass is 468 g/mol. The normalized spacial score (nSPS) is 12.7. The molecule has 0 unspecified atom stereocenters. The molecular weight excluding hydrogens is 444 g/mol. The summed E-state index contributed by atoms with van der Waals surface area (Å²) in [5, 5.41) is 2.73. The summed E-state index contributed by atoms with van der Waals surface area (Å²) >= 11 is 0. The van der Waals surface area contributed by atoms with Gasteiger partial charge in [0, 0.05) is 17.4 Å². The van der Waals surface area contributed by atoms with Gasteiger partial charge in [0.2, 0.25) is 0 Å². The first kappa shape index (κ1) is 22.5. The van der Waals surface area contributed by atoms with Gasteiger partial charge in [-0.1, -0.05) is 6.07 Å². The van der Waals surface area contributed by atoms with Crippen molar-refractivity contribution >= 4 is 27.3 Å². The number of aryl methyl sites for hydroxylation is 2. The molecule has 0 aliphatic carbocycles. The third-order valence-corrected chi connectivity index (χ3v) is 6.20. The average molecular weight is 469 g/mol. The van der Waals surface area contributed by atoms with Crippen molar-refractivity contribution in [3.63, 3.8) is 0 Å². The van der Waals surface area contributed by atoms with E-state index in [0.29, 0.717) is 41.8 Å². The van der Waals surface area contributed by atoms with Crippen LogP contribution in [0.4, 0.5) is 11.4 Å². The van der Waals surface area contributed by atoms with E-state index in [4.69, 9.17) is 14.2 Å². The van der Waals surface area contributed by atoms with Crippen LogP contribution in [0.25, 0.3) is 0 Å². The highest BCUT2D eigenvalue weighted by molar-refractivity contribution is 7.92. The Morgan fingerprint density at radius 1 is 0.879 bits per heavy atom. The van der Waals surface area contributed by atoms with Gasteiger partial charge in [0.25, 0.3) is 15.9 Å². The summed E-state index contributed by atoms with van der Waals surface area (Å²) in [6, 6.07) is 16.5. The molecule has 0 bridgehead atoms. The van der Waals surface area contributed by atoms with E-state index in [0.717, 1.165) is 11.1 Å². The van der Waals surface area contributed by atoms with Crippen molar-refractivity contribution < 1.29 is 27.4 Å². The van der Waals surface area contributed by atoms with Crippen molar-refractivity contribution in [1.82, 2.24) is 0 Å². The van der Waals surface area contributed by atoms with Crippen molar-refractivity contribution in [2.45, 2.75) is 18.7 Å². The average Bonchev–Trinajstić information content (AvgIpc) is 2.77. The molecule has 1 heterocycles. The molecule has 8 nitrogen and oxygen atoms in total. The number of anilines is 2. The van der Waals surface area contributed by atoms with E-state index < -0.39 is 10.0 Å². The molecule has 1 amide bonds. The molecule has 0 saturated carbocycles. The number of fused-ring (bicyclic) bond motifs is 1. The van der Waals surface area contributed by atoms with Gasteiger partial charge in [0.15, 0.2) is 18.1 Å². The highest BCUT2D eigenvalue weighted by Crippen LogP contribution is 2.32. The van der Waals surface area contributed by atoms with Gasteiger partial charge < -0.3 is 19.5 Å². The van der Waals surface area contributed by atoms with Crippen molar-refractivity contribution in [2.24, 2.45) is 0 Å². The lowest BCUT2D eigenvalue weighted by atomic mass is 10.1. The van der Waals surface area contributed by atoms with Gasteiger partial charge in [-0.3, -0.25) is 9.52 Å². The number of carbonyl (C=O) groups is 1. The molecule has 0 fully saturated rings. The van der Waals surface area contributed by atoms with Gasteiger partial charge in [-0.05, 0) is 73.5 Å². The summed E-state index contributed by atoms with van der Waals surface area (Å²) in [6.45, 7) is 4.52. The predicted molar refractivity (Wildman–Crippen MR) is 125 cm³/mol. The van der Waals surface area contributed by atoms with Gasteiger partial charge >= 0.3 is 0 Å². The molecule has 9 heteroatoms. The number of amides is 1. The maximum Gasteiger partial charge on any atom is 0.262 e. The Morgan fingerprint density at radius 3 is 2.24 bits per heavy atom. The second-order valence-corrected chi connectivity index (χ2v) is 9.33. The van der Waals surface area contributed by atoms with Gasteiger partial charge in [-0.25, -0.2) is 8.42 Å². The van der Waals surface area contributed by atoms with E-state index in [-0.39, 0.29) is 17.4 Å². The van der Waals surface area contributed by atoms with Crippen LogP contribution in [-0.2, 0) is 14.8 Å². The Bertz CT molecular complexity index is 1250. The Morgan fingerprint density at radius 2 is 1.55 bits per heavy atom. The van der Waals surface area contributed by atoms with E-state index in [9.17, 15) is 13.2 Å². The van der Waals surface area contributed by atoms with Gasteiger partial charge in [0.1, 0.15) is 19.0 Å². The van der Waals surface area contributed by atoms with Crippen LogP contribution in [0.2, 0.25) is 0 Å². The SMILES string of the molecule is Cc1cc(C)cc(NS(=O)(=O)c2ccc(OCC(=O)Nc3ccc4c(c3)OCCO4)cc2)c1. The zero-order valence-corrected chi connectivity index (χ0v) is 19.1. The fraction of sp³-hybridized carbons (Fsp3) is 0.208. The van der Waals surface area contributed by atoms with Crippen LogP contribution in [0.3, 0.4) is 0 Å². The quantitative estimate of drug-likeness (QED) is 0.545. The van der Waals surface area contributed by atoms with E-state index in [1.54, 1.807) is 30.3 Å². The van der Waals surface area contributed by atoms with Crippen LogP contribution in [0.1, 0.15) is 11.1 Å². The topological polar surface area (TPSA) is 103 Å². The highest BCUT2D eigenvalue weighted by Gasteiger charge is 2.16. The predicted octanol–water partition coefficient (Wildman–Crippen LogP) is 3.89. The molecule has 0 aromatic heterocycles. The van der Waals surface area contributed by atoms with E-state index >= 15 is 0 Å². The number of benzene rings is 3. The summed E-state index contributed by atoms with van der Waals surface area (Å²) in [5.41, 5.74) is 2.99. The first-order valence-corrected chi connectivity index (χ1v) is 11.8. The van der Waals surface area contributed by atoms with Crippen LogP contribution in [0.15, 0.2) is 65.6 Å². The molecule has 0 radical (unpaired) electrons. The molecule has 3 aromatic carbocycles. The van der Waals surface area contributed by atoms with Crippen molar-refractivity contribution in [2.75, 3.05) is 29.9 Å². The lowest BCUT2D eigenvalue weighted by Gasteiger charge is -2.19. The summed E-state index contributed by atoms with van der Waals surface area (Å²) in [6.07, 6.45) is 0. The Labute approximate surface area is 192 Å². The zero-order chi connectivity index (χ0) is 23.4. The van der Waals surface area contributed by atoms with Crippen LogP contribution >= 0.6 is 0 Å². The van der Waals surface area contributed by atoms with Crippen LogP contribution in [0.5, 0.6) is 17.2 Å². The second kappa shape index (κ2) is 9.41. The van der Waals surface area contributed by atoms with Gasteiger partial charge in [0.05, 0.1) is 4.90 Å². The fourth-order valence-corrected chi connectivity index (χ4v) is 4.47. The smallest absolute Gasteiger partial charge is 0.262 e. The fourth-order valence-electron chi connectivity index (χ4n) is 3.43. The number of ether oxygens (including phenoxy) is 3. The molecule has 1 aliphatic rings. The summed E-state index contributed by atoms with van der Waals surface area (Å²) < 4.78 is 44.4. The van der Waals surface area contributed by atoms with E-state index in [2.05, 4.69) is 10.0 Å². The van der Waals surface area contributed by atoms with Crippen LogP contribution < -0.4 is 24.2 Å². The van der Waals surface area contributed by atoms with E-state index in [1.165, 1.54) is 24.3 Å². The first-order valence-electron chi connectivity index (χ1n) is 10.3. The maximum atomic E-state index is 12.7. The summed E-state index contributed by atoms with van der Waals surface area (Å²) in [7, 11) is -3.75. The number of hydrogen-bond acceptors (Lipinski definition) is 6. The third-order valence-electron chi connectivity index (χ3n) is 4.80. The molecule has 4 rings (SSSR count). The zero-order valence-electron chi connectivity index (χ0n) is 18.3. The minimum atomic E-state index is -3.75. The number of nitrogens with one attached hydrogen (secondary N) is 2. The number of hydrogen-bond donors (Lipinski definition) is 2. The molecule has 2 N–H and O–H groups in total. The third kappa shape index (κ3) is 5.75. The Kier molecular flexibility index (Phi) is 6.41. The largest absolute Gasteiger partial charge is 0.486 e. The molecule has 33 heavy (non-hydrogen) atoms. The standard InChI is InChI=1S/C24H24N2O6S/c1-16-11-17(2)13-19(12-16)26-33(28,29)21-6-4-20(5-7-21)32-15-24(27)25-18-3-8-22-23(14-18)31-10-9-30-22/h3-8,11-14,26H,9-10,15H2,1-2H3,(H,25,27). The van der Waals surface area contributed by atoms with Crippen molar-refractivity contribution in [1.29, 1.82) is 0 Å². The number of carbonyl (C=O) groups excluding carboxylic acids is 1. The maximum absolute atomic E-state index is 12.7. The number of sulfonamides is 1. The van der Waals surface area contributed by atoms with Gasteiger partial charge in [-0.15, -0.1) is 0 Å². The first-order chi connectivity index (χ1) is 15.8. The lowest BCUT2D eigenvalue weighted by Crippen LogP contribution is -2.21. The lowest BCUT2D eigenvalue weighted by molar-refractivity contribution is -0.118. The molecule has 0 atom stereocenters. The van der Waals surface area contributed by atoms with Crippen LogP contribution in [0, 0.1) is 13.8 Å². The van der Waals surface area contributed by atoms with Crippen LogP contribution in [-0.4, -0.2) is 34.1 Å². The highest BCUT2D eigenvalue weighted by atomic mass is 32.2.